The zero-order valence-electron chi connectivity index (χ0n) is 22.0. The maximum Gasteiger partial charge on any atom is 0.338 e. The SMILES string of the molecule is CCOC(=O)c1ccccc1C1=c2cc3c4c(c2Oc2cc(C(C)(C)C)c(Cl)cc21)CCC[N+]=4CCC3. The van der Waals surface area contributed by atoms with Crippen LogP contribution in [-0.4, -0.2) is 25.7 Å². The van der Waals surface area contributed by atoms with Gasteiger partial charge in [-0.3, -0.25) is 0 Å². The van der Waals surface area contributed by atoms with E-state index >= 15 is 0 Å². The summed E-state index contributed by atoms with van der Waals surface area (Å²) in [5.74, 6) is 1.40. The molecule has 0 saturated carbocycles. The predicted octanol–water partition coefficient (Wildman–Crippen LogP) is 5.55. The van der Waals surface area contributed by atoms with Crippen LogP contribution in [0.15, 0.2) is 42.5 Å². The minimum absolute atomic E-state index is 0.139. The fraction of sp³-hybridized carbons (Fsp3) is 0.375. The number of benzene rings is 3. The Hall–Kier alpha value is -3.11. The topological polar surface area (TPSA) is 38.5 Å². The maximum absolute atomic E-state index is 13.1. The van der Waals surface area contributed by atoms with Gasteiger partial charge in [-0.05, 0) is 60.6 Å². The first kappa shape index (κ1) is 24.2. The number of halogens is 1. The number of esters is 1. The number of hydrogen-bond donors (Lipinski definition) is 0. The molecule has 3 heterocycles. The van der Waals surface area contributed by atoms with Gasteiger partial charge in [0.05, 0.1) is 17.7 Å². The number of carbonyl (C=O) groups excluding carboxylic acids is 1. The van der Waals surface area contributed by atoms with Gasteiger partial charge in [-0.15, -0.1) is 0 Å². The number of carbonyl (C=O) groups is 1. The molecule has 37 heavy (non-hydrogen) atoms. The van der Waals surface area contributed by atoms with Crippen molar-refractivity contribution in [3.63, 3.8) is 0 Å². The van der Waals surface area contributed by atoms with Crippen molar-refractivity contribution in [2.24, 2.45) is 0 Å². The molecule has 0 N–H and O–H groups in total. The fourth-order valence-corrected chi connectivity index (χ4v) is 6.62. The Balaban J connectivity index is 1.75. The molecule has 3 aromatic carbocycles. The van der Waals surface area contributed by atoms with Crippen molar-refractivity contribution >= 4 is 23.1 Å². The Labute approximate surface area is 223 Å². The van der Waals surface area contributed by atoms with Crippen LogP contribution in [-0.2, 0) is 23.0 Å². The molecule has 5 heteroatoms. The lowest BCUT2D eigenvalue weighted by atomic mass is 9.82. The second-order valence-electron chi connectivity index (χ2n) is 11.3. The molecule has 0 bridgehead atoms. The molecular weight excluding hydrogens is 482 g/mol. The van der Waals surface area contributed by atoms with Gasteiger partial charge in [0.25, 0.3) is 0 Å². The molecule has 0 fully saturated rings. The second kappa shape index (κ2) is 9.02. The molecular formula is C32H33ClNO3+. The van der Waals surface area contributed by atoms with Crippen LogP contribution in [0, 0.1) is 0 Å². The zero-order chi connectivity index (χ0) is 25.9. The van der Waals surface area contributed by atoms with Gasteiger partial charge in [-0.25, -0.2) is 9.37 Å². The van der Waals surface area contributed by atoms with E-state index in [0.717, 1.165) is 77.8 Å². The molecule has 0 saturated heterocycles. The molecule has 0 aliphatic carbocycles. The minimum atomic E-state index is -0.317. The van der Waals surface area contributed by atoms with E-state index in [9.17, 15) is 4.79 Å². The van der Waals surface area contributed by atoms with Crippen LogP contribution < -0.4 is 19.9 Å². The lowest BCUT2D eigenvalue weighted by Gasteiger charge is -2.29. The molecule has 4 nitrogen and oxygen atoms in total. The summed E-state index contributed by atoms with van der Waals surface area (Å²) in [4.78, 5) is 13.1. The van der Waals surface area contributed by atoms with Gasteiger partial charge in [-0.1, -0.05) is 50.6 Å². The number of ether oxygens (including phenoxy) is 2. The smallest absolute Gasteiger partial charge is 0.338 e. The number of rotatable bonds is 3. The number of nitrogens with zero attached hydrogens (tertiary/aromatic N) is 1. The Morgan fingerprint density at radius 2 is 1.81 bits per heavy atom. The van der Waals surface area contributed by atoms with E-state index in [1.165, 1.54) is 16.5 Å². The first-order valence-corrected chi connectivity index (χ1v) is 13.8. The van der Waals surface area contributed by atoms with Crippen LogP contribution in [0.2, 0.25) is 5.02 Å². The third-order valence-electron chi connectivity index (χ3n) is 7.79. The highest BCUT2D eigenvalue weighted by atomic mass is 35.5. The largest absolute Gasteiger partial charge is 0.462 e. The molecule has 6 rings (SSSR count). The third kappa shape index (κ3) is 3.97. The summed E-state index contributed by atoms with van der Waals surface area (Å²) in [7, 11) is 0. The van der Waals surface area contributed by atoms with Crippen LogP contribution in [0.25, 0.3) is 5.57 Å². The highest BCUT2D eigenvalue weighted by molar-refractivity contribution is 6.31. The molecule has 3 aromatic rings. The van der Waals surface area contributed by atoms with Crippen molar-refractivity contribution in [2.75, 3.05) is 19.7 Å². The monoisotopic (exact) mass is 514 g/mol. The number of fused-ring (bicyclic) bond motifs is 3. The van der Waals surface area contributed by atoms with Gasteiger partial charge in [0.15, 0.2) is 0 Å². The highest BCUT2D eigenvalue weighted by Gasteiger charge is 2.33. The van der Waals surface area contributed by atoms with Crippen LogP contribution in [0.3, 0.4) is 0 Å². The van der Waals surface area contributed by atoms with Gasteiger partial charge in [0, 0.05) is 39.8 Å². The van der Waals surface area contributed by atoms with E-state index in [4.69, 9.17) is 21.1 Å². The molecule has 0 spiro atoms. The fourth-order valence-electron chi connectivity index (χ4n) is 6.17. The third-order valence-corrected chi connectivity index (χ3v) is 8.10. The summed E-state index contributed by atoms with van der Waals surface area (Å²) in [5, 5.41) is 3.11. The van der Waals surface area contributed by atoms with Gasteiger partial charge in [0.2, 0.25) is 5.36 Å². The number of hydrogen-bond acceptors (Lipinski definition) is 3. The van der Waals surface area contributed by atoms with Crippen molar-refractivity contribution in [1.82, 2.24) is 4.58 Å². The van der Waals surface area contributed by atoms with E-state index in [2.05, 4.69) is 37.5 Å². The van der Waals surface area contributed by atoms with Gasteiger partial charge >= 0.3 is 5.97 Å². The molecule has 0 radical (unpaired) electrons. The summed E-state index contributed by atoms with van der Waals surface area (Å²) in [6.07, 6.45) is 4.30. The van der Waals surface area contributed by atoms with E-state index in [1.54, 1.807) is 0 Å². The average molecular weight is 515 g/mol. The second-order valence-corrected chi connectivity index (χ2v) is 11.7. The zero-order valence-corrected chi connectivity index (χ0v) is 22.8. The van der Waals surface area contributed by atoms with Crippen LogP contribution in [0.4, 0.5) is 0 Å². The van der Waals surface area contributed by atoms with Gasteiger partial charge < -0.3 is 9.47 Å². The first-order valence-electron chi connectivity index (χ1n) is 13.4. The Bertz CT molecular complexity index is 1570. The van der Waals surface area contributed by atoms with Crippen molar-refractivity contribution in [2.45, 2.75) is 58.8 Å². The van der Waals surface area contributed by atoms with Gasteiger partial charge in [0.1, 0.15) is 24.6 Å². The van der Waals surface area contributed by atoms with Crippen LogP contribution in [0.5, 0.6) is 11.5 Å². The minimum Gasteiger partial charge on any atom is -0.462 e. The quantitative estimate of drug-likeness (QED) is 0.266. The molecule has 3 aliphatic rings. The first-order chi connectivity index (χ1) is 17.8. The number of aryl methyl sites for hydroxylation is 1. The summed E-state index contributed by atoms with van der Waals surface area (Å²) < 4.78 is 14.8. The molecule has 3 aliphatic heterocycles. The molecule has 190 valence electrons. The molecule has 0 amide bonds. The van der Waals surface area contributed by atoms with E-state index in [1.807, 2.05) is 37.3 Å². The maximum atomic E-state index is 13.1. The van der Waals surface area contributed by atoms with Gasteiger partial charge in [-0.2, -0.15) is 0 Å². The standard InChI is InChI=1S/C32H33ClNO3/c1-5-36-31(35)21-12-7-6-11-20(21)28-23-17-26(33)25(32(2,3)4)18-27(23)37-30-22-13-9-15-34-14-8-10-19(29(22)34)16-24(28)30/h6-7,11-12,16-18H,5,8-10,13-15H2,1-4H3/q+1. The van der Waals surface area contributed by atoms with Crippen LogP contribution in [0.1, 0.15) is 78.7 Å². The lowest BCUT2D eigenvalue weighted by Crippen LogP contribution is -2.45. The Kier molecular flexibility index (Phi) is 5.91. The van der Waals surface area contributed by atoms with E-state index < -0.39 is 0 Å². The highest BCUT2D eigenvalue weighted by Crippen LogP contribution is 2.43. The van der Waals surface area contributed by atoms with Crippen molar-refractivity contribution in [1.29, 1.82) is 0 Å². The Morgan fingerprint density at radius 3 is 2.57 bits per heavy atom. The van der Waals surface area contributed by atoms with Crippen molar-refractivity contribution in [3.05, 3.63) is 91.4 Å². The van der Waals surface area contributed by atoms with E-state index in [0.29, 0.717) is 17.2 Å². The normalized spacial score (nSPS) is 15.9. The summed E-state index contributed by atoms with van der Waals surface area (Å²) in [5.41, 5.74) is 6.88. The molecule has 0 atom stereocenters. The molecule has 0 aromatic heterocycles. The summed E-state index contributed by atoms with van der Waals surface area (Å²) in [6.45, 7) is 10.8. The summed E-state index contributed by atoms with van der Waals surface area (Å²) in [6, 6.07) is 14.2. The van der Waals surface area contributed by atoms with Crippen LogP contribution >= 0.6 is 11.6 Å². The van der Waals surface area contributed by atoms with Crippen molar-refractivity contribution in [3.8, 4) is 11.5 Å². The predicted molar refractivity (Wildman–Crippen MR) is 148 cm³/mol. The summed E-state index contributed by atoms with van der Waals surface area (Å²) >= 11 is 6.91. The lowest BCUT2D eigenvalue weighted by molar-refractivity contribution is 0.0526. The van der Waals surface area contributed by atoms with Crippen molar-refractivity contribution < 1.29 is 14.3 Å². The average Bonchev–Trinajstić information content (AvgIpc) is 2.87. The van der Waals surface area contributed by atoms with E-state index in [-0.39, 0.29) is 11.4 Å². The Morgan fingerprint density at radius 1 is 1.05 bits per heavy atom. The molecule has 0 unspecified atom stereocenters.